The second kappa shape index (κ2) is 23.2. The third kappa shape index (κ3) is 17.5. The van der Waals surface area contributed by atoms with E-state index in [1.165, 1.54) is 11.8 Å². The number of Topliss-reactive ketones (excluding diaryl/α,β-unsaturated/α-hetero) is 1. The topological polar surface area (TPSA) is 215 Å². The molecule has 14 nitrogen and oxygen atoms in total. The Labute approximate surface area is 322 Å². The van der Waals surface area contributed by atoms with Crippen LogP contribution in [-0.2, 0) is 46.3 Å². The van der Waals surface area contributed by atoms with Gasteiger partial charge in [0.2, 0.25) is 17.7 Å². The van der Waals surface area contributed by atoms with Crippen LogP contribution in [0.4, 0.5) is 4.79 Å². The number of ketones is 1. The highest BCUT2D eigenvalue weighted by Crippen LogP contribution is 2.22. The molecule has 0 aromatic heterocycles. The number of unbranched alkanes of at least 4 members (excludes halogenated alkanes) is 2. The first-order valence-corrected chi connectivity index (χ1v) is 19.5. The number of hydrogen-bond donors (Lipinski definition) is 6. The van der Waals surface area contributed by atoms with E-state index < -0.39 is 72.4 Å². The first-order chi connectivity index (χ1) is 25.5. The van der Waals surface area contributed by atoms with Crippen molar-refractivity contribution in [2.24, 2.45) is 5.73 Å². The molecule has 54 heavy (non-hydrogen) atoms. The van der Waals surface area contributed by atoms with Crippen molar-refractivity contribution in [2.75, 3.05) is 31.7 Å². The van der Waals surface area contributed by atoms with Gasteiger partial charge in [0.25, 0.3) is 0 Å². The molecule has 0 fully saturated rings. The van der Waals surface area contributed by atoms with Crippen molar-refractivity contribution >= 4 is 47.3 Å². The van der Waals surface area contributed by atoms with Gasteiger partial charge in [0, 0.05) is 12.8 Å². The zero-order valence-electron chi connectivity index (χ0n) is 32.3. The lowest BCUT2D eigenvalue weighted by Gasteiger charge is -2.26. The van der Waals surface area contributed by atoms with Crippen LogP contribution in [0.5, 0.6) is 5.75 Å². The third-order valence-corrected chi connectivity index (χ3v) is 8.87. The van der Waals surface area contributed by atoms with Gasteiger partial charge >= 0.3 is 12.1 Å². The van der Waals surface area contributed by atoms with Gasteiger partial charge in [0.15, 0.2) is 12.4 Å². The lowest BCUT2D eigenvalue weighted by Crippen LogP contribution is -2.56. The average Bonchev–Trinajstić information content (AvgIpc) is 3.10. The lowest BCUT2D eigenvalue weighted by atomic mass is 9.95. The number of ether oxygens (including phenoxy) is 2. The van der Waals surface area contributed by atoms with Crippen LogP contribution < -0.4 is 27.0 Å². The molecule has 0 aliphatic heterocycles. The van der Waals surface area contributed by atoms with E-state index in [4.69, 9.17) is 15.2 Å². The van der Waals surface area contributed by atoms with Gasteiger partial charge in [0.1, 0.15) is 23.4 Å². The molecule has 3 atom stereocenters. The highest BCUT2D eigenvalue weighted by Gasteiger charge is 2.30. The quantitative estimate of drug-likeness (QED) is 0.0756. The Bertz CT molecular complexity index is 1540. The first kappa shape index (κ1) is 45.5. The Morgan fingerprint density at radius 2 is 1.52 bits per heavy atom. The number of carbonyl (C=O) groups is 6. The fraction of sp³-hybridized carbons (Fsp3) is 0.538. The van der Waals surface area contributed by atoms with Crippen LogP contribution in [0.15, 0.2) is 42.5 Å². The molecular formula is C39H57N5O9S. The number of aryl methyl sites for hydroxylation is 2. The maximum Gasteiger partial charge on any atom is 0.408 e. The summed E-state index contributed by atoms with van der Waals surface area (Å²) < 4.78 is 10.6. The number of amides is 4. The summed E-state index contributed by atoms with van der Waals surface area (Å²) in [6.45, 7) is 8.13. The maximum absolute atomic E-state index is 13.8. The Hall–Kier alpha value is -4.63. The summed E-state index contributed by atoms with van der Waals surface area (Å²) in [6, 6.07) is 8.85. The van der Waals surface area contributed by atoms with Gasteiger partial charge in [0.05, 0.1) is 12.6 Å². The normalized spacial score (nSPS) is 12.8. The molecule has 0 spiro atoms. The molecule has 0 bridgehead atoms. The number of phenols is 1. The fourth-order valence-electron chi connectivity index (χ4n) is 5.48. The number of nitrogens with two attached hydrogens (primary N) is 1. The van der Waals surface area contributed by atoms with Crippen LogP contribution in [0.25, 0.3) is 0 Å². The number of hydrogen-bond acceptors (Lipinski definition) is 11. The van der Waals surface area contributed by atoms with Crippen molar-refractivity contribution in [3.8, 4) is 5.75 Å². The molecule has 0 aliphatic rings. The van der Waals surface area contributed by atoms with Crippen molar-refractivity contribution in [3.05, 3.63) is 64.7 Å². The molecule has 298 valence electrons. The SMILES string of the molecule is CSCC[C@H](NC(=O)[C@H](Cc1c(C)cc(O)cc1C)NC(=O)OC(C)(C)C)C(=O)NCC(=O)N[C@@H](Cc1ccccc1)C(=O)COC(=O)CCCCCN. The summed E-state index contributed by atoms with van der Waals surface area (Å²) in [6.07, 6.45) is 3.69. The smallest absolute Gasteiger partial charge is 0.408 e. The molecule has 2 aromatic carbocycles. The minimum Gasteiger partial charge on any atom is -0.508 e. The van der Waals surface area contributed by atoms with Gasteiger partial charge in [-0.15, -0.1) is 0 Å². The molecule has 0 saturated carbocycles. The van der Waals surface area contributed by atoms with E-state index in [0.29, 0.717) is 29.8 Å². The van der Waals surface area contributed by atoms with Gasteiger partial charge < -0.3 is 41.6 Å². The molecule has 7 N–H and O–H groups in total. The number of phenolic OH excluding ortho intramolecular Hbond substituents is 1. The van der Waals surface area contributed by atoms with Gasteiger partial charge in [-0.25, -0.2) is 4.79 Å². The van der Waals surface area contributed by atoms with Crippen LogP contribution in [0.1, 0.15) is 75.1 Å². The van der Waals surface area contributed by atoms with Crippen LogP contribution in [0, 0.1) is 13.8 Å². The van der Waals surface area contributed by atoms with Crippen LogP contribution in [0.3, 0.4) is 0 Å². The zero-order chi connectivity index (χ0) is 40.3. The number of esters is 1. The summed E-state index contributed by atoms with van der Waals surface area (Å²) in [5.74, 6) is -2.44. The van der Waals surface area contributed by atoms with E-state index in [1.807, 2.05) is 12.3 Å². The largest absolute Gasteiger partial charge is 0.508 e. The number of carbonyl (C=O) groups excluding carboxylic acids is 6. The summed E-state index contributed by atoms with van der Waals surface area (Å²) in [5, 5.41) is 20.6. The van der Waals surface area contributed by atoms with Crippen molar-refractivity contribution < 1.29 is 43.3 Å². The van der Waals surface area contributed by atoms with Gasteiger partial charge in [-0.05, 0) is 113 Å². The summed E-state index contributed by atoms with van der Waals surface area (Å²) >= 11 is 1.46. The standard InChI is InChI=1S/C39H57N5O9S/c1-25-19-28(45)20-26(2)29(25)22-32(44-38(51)53-39(3,4)5)37(50)43-30(16-18-54-6)36(49)41-23-34(47)42-31(21-27-13-9-7-10-14-27)33(46)24-52-35(48)15-11-8-12-17-40/h7,9-10,13-14,19-20,30-32,45H,8,11-12,15-18,21-24,40H2,1-6H3,(H,41,49)(H,42,47)(H,43,50)(H,44,51)/t30-,31-,32-/m0/s1. The average molecular weight is 772 g/mol. The van der Waals surface area contributed by atoms with Crippen LogP contribution in [-0.4, -0.2) is 96.1 Å². The van der Waals surface area contributed by atoms with Gasteiger partial charge in [-0.1, -0.05) is 36.8 Å². The van der Waals surface area contributed by atoms with Gasteiger partial charge in [-0.2, -0.15) is 11.8 Å². The lowest BCUT2D eigenvalue weighted by molar-refractivity contribution is -0.148. The number of thioether (sulfide) groups is 1. The van der Waals surface area contributed by atoms with Gasteiger partial charge in [-0.3, -0.25) is 24.0 Å². The number of rotatable bonds is 22. The molecule has 4 amide bonds. The second-order valence-electron chi connectivity index (χ2n) is 14.1. The van der Waals surface area contributed by atoms with Crippen molar-refractivity contribution in [3.63, 3.8) is 0 Å². The predicted octanol–water partition coefficient (Wildman–Crippen LogP) is 3.16. The van der Waals surface area contributed by atoms with Crippen molar-refractivity contribution in [2.45, 2.75) is 103 Å². The molecule has 0 radical (unpaired) electrons. The maximum atomic E-state index is 13.8. The molecule has 0 aliphatic carbocycles. The number of aromatic hydroxyl groups is 1. The number of nitrogens with one attached hydrogen (secondary N) is 4. The van der Waals surface area contributed by atoms with Crippen molar-refractivity contribution in [1.82, 2.24) is 21.3 Å². The minimum absolute atomic E-state index is 0.0444. The van der Waals surface area contributed by atoms with Crippen LogP contribution >= 0.6 is 11.8 Å². The van der Waals surface area contributed by atoms with E-state index in [-0.39, 0.29) is 31.4 Å². The van der Waals surface area contributed by atoms with E-state index in [2.05, 4.69) is 21.3 Å². The fourth-order valence-corrected chi connectivity index (χ4v) is 5.95. The summed E-state index contributed by atoms with van der Waals surface area (Å²) in [5.41, 5.74) is 7.56. The molecule has 2 rings (SSSR count). The third-order valence-electron chi connectivity index (χ3n) is 8.23. The highest BCUT2D eigenvalue weighted by atomic mass is 32.2. The van der Waals surface area contributed by atoms with Crippen LogP contribution in [0.2, 0.25) is 0 Å². The van der Waals surface area contributed by atoms with Crippen molar-refractivity contribution in [1.29, 1.82) is 0 Å². The Kier molecular flexibility index (Phi) is 19.6. The summed E-state index contributed by atoms with van der Waals surface area (Å²) in [7, 11) is 0. The monoisotopic (exact) mass is 771 g/mol. The molecule has 0 heterocycles. The van der Waals surface area contributed by atoms with E-state index in [9.17, 15) is 33.9 Å². The van der Waals surface area contributed by atoms with E-state index in [1.54, 1.807) is 71.0 Å². The number of benzene rings is 2. The molecule has 0 saturated heterocycles. The second-order valence-corrected chi connectivity index (χ2v) is 15.0. The minimum atomic E-state index is -1.15. The van der Waals surface area contributed by atoms with E-state index in [0.717, 1.165) is 24.0 Å². The Balaban J connectivity index is 2.16. The first-order valence-electron chi connectivity index (χ1n) is 18.1. The molecule has 15 heteroatoms. The molecule has 0 unspecified atom stereocenters. The number of alkyl carbamates (subject to hydrolysis) is 1. The Morgan fingerprint density at radius 1 is 0.852 bits per heavy atom. The highest BCUT2D eigenvalue weighted by molar-refractivity contribution is 7.98. The summed E-state index contributed by atoms with van der Waals surface area (Å²) in [4.78, 5) is 78.5. The predicted molar refractivity (Wildman–Crippen MR) is 208 cm³/mol. The zero-order valence-corrected chi connectivity index (χ0v) is 33.1. The molecule has 2 aromatic rings. The van der Waals surface area contributed by atoms with E-state index >= 15 is 0 Å². The Morgan fingerprint density at radius 3 is 2.13 bits per heavy atom. The molecular weight excluding hydrogens is 715 g/mol.